The maximum atomic E-state index is 12.7. The second-order valence-electron chi connectivity index (χ2n) is 4.88. The highest BCUT2D eigenvalue weighted by Crippen LogP contribution is 2.40. The van der Waals surface area contributed by atoms with E-state index in [4.69, 9.17) is 5.73 Å². The first-order chi connectivity index (χ1) is 9.91. The number of fused-ring (bicyclic) bond motifs is 1. The molecule has 3 aromatic rings. The minimum atomic E-state index is -3.61. The summed E-state index contributed by atoms with van der Waals surface area (Å²) in [4.78, 5) is 5.31. The Morgan fingerprint density at radius 2 is 1.81 bits per heavy atom. The zero-order chi connectivity index (χ0) is 15.2. The average molecular weight is 318 g/mol. The van der Waals surface area contributed by atoms with Gasteiger partial charge in [-0.1, -0.05) is 18.2 Å². The van der Waals surface area contributed by atoms with Crippen LogP contribution in [0.1, 0.15) is 11.3 Å². The third-order valence-electron chi connectivity index (χ3n) is 3.29. The van der Waals surface area contributed by atoms with E-state index < -0.39 is 9.84 Å². The molecule has 0 aliphatic rings. The molecule has 0 saturated carbocycles. The molecule has 0 aliphatic heterocycles. The molecular weight excluding hydrogens is 304 g/mol. The summed E-state index contributed by atoms with van der Waals surface area (Å²) in [6.45, 7) is 3.80. The minimum Gasteiger partial charge on any atom is -0.396 e. The summed E-state index contributed by atoms with van der Waals surface area (Å²) in [6, 6.07) is 10.2. The van der Waals surface area contributed by atoms with Gasteiger partial charge in [0.15, 0.2) is 0 Å². The lowest BCUT2D eigenvalue weighted by molar-refractivity contribution is 0.598. The Morgan fingerprint density at radius 1 is 1.14 bits per heavy atom. The molecule has 0 fully saturated rings. The van der Waals surface area contributed by atoms with Crippen LogP contribution in [0.3, 0.4) is 0 Å². The van der Waals surface area contributed by atoms with E-state index in [1.807, 2.05) is 19.9 Å². The molecule has 2 N–H and O–H groups in total. The van der Waals surface area contributed by atoms with Crippen molar-refractivity contribution >= 4 is 37.1 Å². The molecule has 2 aromatic heterocycles. The molecule has 0 atom stereocenters. The number of hydrogen-bond acceptors (Lipinski definition) is 5. The normalized spacial score (nSPS) is 11.9. The Labute approximate surface area is 127 Å². The smallest absolute Gasteiger partial charge is 0.218 e. The largest absolute Gasteiger partial charge is 0.396 e. The summed E-state index contributed by atoms with van der Waals surface area (Å²) in [6.07, 6.45) is 0. The van der Waals surface area contributed by atoms with Crippen molar-refractivity contribution in [3.63, 3.8) is 0 Å². The third-order valence-corrected chi connectivity index (χ3v) is 6.69. The van der Waals surface area contributed by atoms with Gasteiger partial charge in [0.05, 0.1) is 10.6 Å². The SMILES string of the molecule is Cc1cc(C)c2c(N)c(S(=O)(=O)c3ccccc3)sc2n1. The molecule has 6 heteroatoms. The fourth-order valence-corrected chi connectivity index (χ4v) is 5.39. The fraction of sp³-hybridized carbons (Fsp3) is 0.133. The predicted octanol–water partition coefficient (Wildman–Crippen LogP) is 3.33. The van der Waals surface area contributed by atoms with Gasteiger partial charge >= 0.3 is 0 Å². The Hall–Kier alpha value is -1.92. The number of pyridine rings is 1. The number of nitrogens with two attached hydrogens (primary N) is 1. The molecule has 0 amide bonds. The van der Waals surface area contributed by atoms with Crippen molar-refractivity contribution in [2.45, 2.75) is 23.0 Å². The van der Waals surface area contributed by atoms with E-state index in [1.54, 1.807) is 30.3 Å². The monoisotopic (exact) mass is 318 g/mol. The van der Waals surface area contributed by atoms with Gasteiger partial charge in [0.25, 0.3) is 0 Å². The van der Waals surface area contributed by atoms with Gasteiger partial charge in [-0.05, 0) is 37.6 Å². The van der Waals surface area contributed by atoms with Crippen molar-refractivity contribution < 1.29 is 8.42 Å². The highest BCUT2D eigenvalue weighted by Gasteiger charge is 2.25. The lowest BCUT2D eigenvalue weighted by Crippen LogP contribution is -2.02. The number of anilines is 1. The fourth-order valence-electron chi connectivity index (χ4n) is 2.36. The topological polar surface area (TPSA) is 73.1 Å². The Bertz CT molecular complexity index is 929. The number of aryl methyl sites for hydroxylation is 2. The van der Waals surface area contributed by atoms with E-state index in [2.05, 4.69) is 4.98 Å². The highest BCUT2D eigenvalue weighted by atomic mass is 32.2. The van der Waals surface area contributed by atoms with Crippen LogP contribution in [-0.4, -0.2) is 13.4 Å². The number of aromatic nitrogens is 1. The highest BCUT2D eigenvalue weighted by molar-refractivity contribution is 7.93. The van der Waals surface area contributed by atoms with Gasteiger partial charge in [-0.25, -0.2) is 13.4 Å². The van der Waals surface area contributed by atoms with Crippen molar-refractivity contribution in [2.24, 2.45) is 0 Å². The second-order valence-corrected chi connectivity index (χ2v) is 8.02. The van der Waals surface area contributed by atoms with Crippen LogP contribution in [-0.2, 0) is 9.84 Å². The molecule has 0 spiro atoms. The van der Waals surface area contributed by atoms with Crippen molar-refractivity contribution in [1.29, 1.82) is 0 Å². The van der Waals surface area contributed by atoms with Gasteiger partial charge in [0.1, 0.15) is 9.04 Å². The summed E-state index contributed by atoms with van der Waals surface area (Å²) in [5.41, 5.74) is 8.20. The first kappa shape index (κ1) is 14.0. The number of nitrogen functional groups attached to an aromatic ring is 1. The predicted molar refractivity (Wildman–Crippen MR) is 85.4 cm³/mol. The van der Waals surface area contributed by atoms with Gasteiger partial charge in [-0.3, -0.25) is 0 Å². The maximum Gasteiger partial charge on any atom is 0.218 e. The second kappa shape index (κ2) is 4.82. The number of nitrogens with zero attached hydrogens (tertiary/aromatic N) is 1. The minimum absolute atomic E-state index is 0.171. The summed E-state index contributed by atoms with van der Waals surface area (Å²) in [5, 5.41) is 0.736. The van der Waals surface area contributed by atoms with Crippen LogP contribution in [0.4, 0.5) is 5.69 Å². The number of benzene rings is 1. The number of sulfone groups is 1. The van der Waals surface area contributed by atoms with Crippen LogP contribution in [0.15, 0.2) is 45.5 Å². The van der Waals surface area contributed by atoms with E-state index in [9.17, 15) is 8.42 Å². The molecule has 1 aromatic carbocycles. The van der Waals surface area contributed by atoms with E-state index in [0.29, 0.717) is 10.5 Å². The quantitative estimate of drug-likeness (QED) is 0.786. The van der Waals surface area contributed by atoms with E-state index in [0.717, 1.165) is 28.0 Å². The van der Waals surface area contributed by atoms with E-state index in [1.165, 1.54) is 0 Å². The Balaban J connectivity index is 2.32. The van der Waals surface area contributed by atoms with Crippen LogP contribution in [0.2, 0.25) is 0 Å². The van der Waals surface area contributed by atoms with Crippen molar-refractivity contribution in [2.75, 3.05) is 5.73 Å². The Kier molecular flexibility index (Phi) is 3.22. The molecule has 108 valence electrons. The molecule has 0 radical (unpaired) electrons. The van der Waals surface area contributed by atoms with Crippen LogP contribution in [0.25, 0.3) is 10.2 Å². The van der Waals surface area contributed by atoms with Crippen LogP contribution >= 0.6 is 11.3 Å². The van der Waals surface area contributed by atoms with Crippen LogP contribution in [0.5, 0.6) is 0 Å². The van der Waals surface area contributed by atoms with Crippen LogP contribution in [0, 0.1) is 13.8 Å². The first-order valence-electron chi connectivity index (χ1n) is 6.37. The van der Waals surface area contributed by atoms with Gasteiger partial charge < -0.3 is 5.73 Å². The maximum absolute atomic E-state index is 12.7. The van der Waals surface area contributed by atoms with E-state index in [-0.39, 0.29) is 9.10 Å². The molecule has 0 aliphatic carbocycles. The van der Waals surface area contributed by atoms with Gasteiger partial charge in [-0.15, -0.1) is 11.3 Å². The van der Waals surface area contributed by atoms with Gasteiger partial charge in [-0.2, -0.15) is 0 Å². The van der Waals surface area contributed by atoms with Crippen molar-refractivity contribution in [3.05, 3.63) is 47.7 Å². The molecule has 3 rings (SSSR count). The Morgan fingerprint density at radius 3 is 2.48 bits per heavy atom. The first-order valence-corrected chi connectivity index (χ1v) is 8.67. The molecule has 0 saturated heterocycles. The van der Waals surface area contributed by atoms with Gasteiger partial charge in [0.2, 0.25) is 9.84 Å². The number of hydrogen-bond donors (Lipinski definition) is 1. The summed E-state index contributed by atoms with van der Waals surface area (Å²) < 4.78 is 25.6. The molecular formula is C15H14N2O2S2. The van der Waals surface area contributed by atoms with Crippen molar-refractivity contribution in [1.82, 2.24) is 4.98 Å². The lowest BCUT2D eigenvalue weighted by atomic mass is 10.2. The standard InChI is InChI=1S/C15H14N2O2S2/c1-9-8-10(2)17-14-12(9)13(16)15(20-14)21(18,19)11-6-4-3-5-7-11/h3-8H,16H2,1-2H3. The third kappa shape index (κ3) is 2.20. The van der Waals surface area contributed by atoms with Crippen LogP contribution < -0.4 is 5.73 Å². The lowest BCUT2D eigenvalue weighted by Gasteiger charge is -2.03. The number of rotatable bonds is 2. The summed E-state index contributed by atoms with van der Waals surface area (Å²) >= 11 is 1.13. The number of thiophene rings is 1. The summed E-state index contributed by atoms with van der Waals surface area (Å²) in [5.74, 6) is 0. The zero-order valence-corrected chi connectivity index (χ0v) is 13.3. The molecule has 0 unspecified atom stereocenters. The molecule has 21 heavy (non-hydrogen) atoms. The zero-order valence-electron chi connectivity index (χ0n) is 11.6. The van der Waals surface area contributed by atoms with E-state index >= 15 is 0 Å². The average Bonchev–Trinajstić information content (AvgIpc) is 2.77. The molecule has 4 nitrogen and oxygen atoms in total. The molecule has 0 bridgehead atoms. The summed E-state index contributed by atoms with van der Waals surface area (Å²) in [7, 11) is -3.61. The molecule has 2 heterocycles. The van der Waals surface area contributed by atoms with Gasteiger partial charge in [0, 0.05) is 11.1 Å². The van der Waals surface area contributed by atoms with Crippen molar-refractivity contribution in [3.8, 4) is 0 Å².